The maximum atomic E-state index is 11.0. The monoisotopic (exact) mass is 224 g/mol. The lowest BCUT2D eigenvalue weighted by Crippen LogP contribution is -2.38. The van der Waals surface area contributed by atoms with Gasteiger partial charge >= 0.3 is 0 Å². The molecular weight excluding hydrogens is 212 g/mol. The lowest BCUT2D eigenvalue weighted by atomic mass is 10.5. The van der Waals surface area contributed by atoms with Gasteiger partial charge in [0.15, 0.2) is 16.4 Å². The molecular formula is C6H12N2O5S. The van der Waals surface area contributed by atoms with Gasteiger partial charge in [0.05, 0.1) is 0 Å². The van der Waals surface area contributed by atoms with E-state index in [1.807, 2.05) is 0 Å². The first-order chi connectivity index (χ1) is 6.25. The summed E-state index contributed by atoms with van der Waals surface area (Å²) in [4.78, 5) is 25.5. The standard InChI is InChI=1S/C6H12N2O5S/c1-4(14(2,11)12)6(10)8-13-3-5(7)9/h4H,3H2,1-2H3,(H2,7,9)(H,8,10). The van der Waals surface area contributed by atoms with Gasteiger partial charge in [0.1, 0.15) is 5.25 Å². The Balaban J connectivity index is 4.04. The van der Waals surface area contributed by atoms with Crippen LogP contribution in [-0.2, 0) is 24.3 Å². The van der Waals surface area contributed by atoms with Gasteiger partial charge in [-0.25, -0.2) is 13.9 Å². The Morgan fingerprint density at radius 3 is 2.36 bits per heavy atom. The Kier molecular flexibility index (Phi) is 4.51. The summed E-state index contributed by atoms with van der Waals surface area (Å²) in [5, 5.41) is -1.23. The average Bonchev–Trinajstić information content (AvgIpc) is 2.00. The maximum Gasteiger partial charge on any atom is 0.261 e. The number of rotatable bonds is 5. The van der Waals surface area contributed by atoms with Gasteiger partial charge in [0, 0.05) is 6.26 Å². The van der Waals surface area contributed by atoms with E-state index in [4.69, 9.17) is 5.73 Å². The molecule has 14 heavy (non-hydrogen) atoms. The van der Waals surface area contributed by atoms with Crippen LogP contribution in [0.2, 0.25) is 0 Å². The molecule has 0 aromatic rings. The average molecular weight is 224 g/mol. The fourth-order valence-corrected chi connectivity index (χ4v) is 0.893. The van der Waals surface area contributed by atoms with Gasteiger partial charge in [0.25, 0.3) is 5.91 Å². The number of amides is 2. The van der Waals surface area contributed by atoms with Crippen LogP contribution in [0.15, 0.2) is 0 Å². The van der Waals surface area contributed by atoms with Crippen molar-refractivity contribution in [1.29, 1.82) is 0 Å². The van der Waals surface area contributed by atoms with Gasteiger partial charge in [-0.1, -0.05) is 0 Å². The molecule has 2 amide bonds. The van der Waals surface area contributed by atoms with E-state index < -0.39 is 33.5 Å². The third-order valence-electron chi connectivity index (χ3n) is 1.40. The second-order valence-corrected chi connectivity index (χ2v) is 5.06. The van der Waals surface area contributed by atoms with Crippen molar-refractivity contribution in [2.45, 2.75) is 12.2 Å². The zero-order valence-electron chi connectivity index (χ0n) is 7.81. The molecule has 0 radical (unpaired) electrons. The number of primary amides is 1. The summed E-state index contributed by atoms with van der Waals surface area (Å²) >= 11 is 0. The quantitative estimate of drug-likeness (QED) is 0.521. The minimum absolute atomic E-state index is 0.498. The summed E-state index contributed by atoms with van der Waals surface area (Å²) in [5.41, 5.74) is 6.51. The van der Waals surface area contributed by atoms with E-state index in [0.29, 0.717) is 0 Å². The van der Waals surface area contributed by atoms with Crippen molar-refractivity contribution in [2.24, 2.45) is 5.73 Å². The van der Waals surface area contributed by atoms with E-state index in [0.717, 1.165) is 6.26 Å². The van der Waals surface area contributed by atoms with Crippen LogP contribution in [0.25, 0.3) is 0 Å². The largest absolute Gasteiger partial charge is 0.368 e. The Labute approximate surface area is 81.5 Å². The summed E-state index contributed by atoms with van der Waals surface area (Å²) in [5.74, 6) is -1.61. The van der Waals surface area contributed by atoms with E-state index in [-0.39, 0.29) is 0 Å². The maximum absolute atomic E-state index is 11.0. The zero-order valence-corrected chi connectivity index (χ0v) is 8.63. The highest BCUT2D eigenvalue weighted by Gasteiger charge is 2.23. The first-order valence-corrected chi connectivity index (χ1v) is 5.59. The van der Waals surface area contributed by atoms with Gasteiger partial charge in [-0.15, -0.1) is 0 Å². The van der Waals surface area contributed by atoms with Crippen molar-refractivity contribution in [1.82, 2.24) is 5.48 Å². The van der Waals surface area contributed by atoms with Crippen molar-refractivity contribution >= 4 is 21.7 Å². The van der Waals surface area contributed by atoms with Crippen molar-refractivity contribution in [3.05, 3.63) is 0 Å². The smallest absolute Gasteiger partial charge is 0.261 e. The van der Waals surface area contributed by atoms with Crippen LogP contribution in [0.4, 0.5) is 0 Å². The SMILES string of the molecule is CC(C(=O)NOCC(N)=O)S(C)(=O)=O. The van der Waals surface area contributed by atoms with Gasteiger partial charge in [-0.05, 0) is 6.92 Å². The molecule has 3 N–H and O–H groups in total. The number of carbonyl (C=O) groups excluding carboxylic acids is 2. The Morgan fingerprint density at radius 2 is 2.00 bits per heavy atom. The molecule has 0 aliphatic carbocycles. The second kappa shape index (κ2) is 4.91. The normalized spacial score (nSPS) is 13.3. The van der Waals surface area contributed by atoms with Gasteiger partial charge in [-0.3, -0.25) is 14.4 Å². The minimum atomic E-state index is -3.46. The highest BCUT2D eigenvalue weighted by Crippen LogP contribution is 1.96. The third-order valence-corrected chi connectivity index (χ3v) is 2.90. The van der Waals surface area contributed by atoms with Crippen LogP contribution in [0.1, 0.15) is 6.92 Å². The zero-order chi connectivity index (χ0) is 11.4. The molecule has 0 aromatic heterocycles. The first-order valence-electron chi connectivity index (χ1n) is 3.64. The van der Waals surface area contributed by atoms with Crippen molar-refractivity contribution < 1.29 is 22.8 Å². The van der Waals surface area contributed by atoms with Crippen LogP contribution < -0.4 is 11.2 Å². The predicted molar refractivity (Wildman–Crippen MR) is 47.6 cm³/mol. The summed E-state index contributed by atoms with van der Waals surface area (Å²) in [7, 11) is -3.46. The van der Waals surface area contributed by atoms with Crippen molar-refractivity contribution in [3.63, 3.8) is 0 Å². The molecule has 0 bridgehead atoms. The van der Waals surface area contributed by atoms with Gasteiger partial charge in [-0.2, -0.15) is 0 Å². The summed E-state index contributed by atoms with van der Waals surface area (Å²) in [6, 6.07) is 0. The number of carbonyl (C=O) groups is 2. The highest BCUT2D eigenvalue weighted by atomic mass is 32.2. The minimum Gasteiger partial charge on any atom is -0.368 e. The molecule has 0 spiro atoms. The first kappa shape index (κ1) is 12.8. The van der Waals surface area contributed by atoms with Crippen molar-refractivity contribution in [3.8, 4) is 0 Å². The molecule has 0 heterocycles. The molecule has 0 saturated carbocycles. The van der Waals surface area contributed by atoms with Crippen LogP contribution in [-0.4, -0.2) is 38.3 Å². The molecule has 0 fully saturated rings. The van der Waals surface area contributed by atoms with Crippen LogP contribution >= 0.6 is 0 Å². The van der Waals surface area contributed by atoms with Crippen LogP contribution in [0.5, 0.6) is 0 Å². The fraction of sp³-hybridized carbons (Fsp3) is 0.667. The molecule has 1 atom stereocenters. The van der Waals surface area contributed by atoms with E-state index in [9.17, 15) is 18.0 Å². The third kappa shape index (κ3) is 4.77. The number of nitrogens with two attached hydrogens (primary N) is 1. The summed E-state index contributed by atoms with van der Waals surface area (Å²) < 4.78 is 21.7. The molecule has 0 aliphatic heterocycles. The molecule has 82 valence electrons. The molecule has 7 nitrogen and oxygen atoms in total. The van der Waals surface area contributed by atoms with Crippen molar-refractivity contribution in [2.75, 3.05) is 12.9 Å². The van der Waals surface area contributed by atoms with E-state index >= 15 is 0 Å². The number of nitrogens with one attached hydrogen (secondary N) is 1. The molecule has 0 saturated heterocycles. The lowest BCUT2D eigenvalue weighted by Gasteiger charge is -2.08. The Bertz CT molecular complexity index is 323. The number of sulfone groups is 1. The second-order valence-electron chi connectivity index (χ2n) is 2.69. The van der Waals surface area contributed by atoms with Gasteiger partial charge in [0.2, 0.25) is 5.91 Å². The highest BCUT2D eigenvalue weighted by molar-refractivity contribution is 7.92. The number of hydroxylamine groups is 1. The van der Waals surface area contributed by atoms with E-state index in [1.165, 1.54) is 6.92 Å². The van der Waals surface area contributed by atoms with E-state index in [2.05, 4.69) is 4.84 Å². The molecule has 0 aliphatic rings. The number of hydrogen-bond acceptors (Lipinski definition) is 5. The lowest BCUT2D eigenvalue weighted by molar-refractivity contribution is -0.137. The van der Waals surface area contributed by atoms with Crippen LogP contribution in [0.3, 0.4) is 0 Å². The van der Waals surface area contributed by atoms with Crippen LogP contribution in [0, 0.1) is 0 Å². The topological polar surface area (TPSA) is 116 Å². The molecule has 0 rings (SSSR count). The van der Waals surface area contributed by atoms with Gasteiger partial charge < -0.3 is 5.73 Å². The Hall–Kier alpha value is -1.15. The summed E-state index contributed by atoms with van der Waals surface area (Å²) in [6.07, 6.45) is 0.922. The Morgan fingerprint density at radius 1 is 1.50 bits per heavy atom. The fourth-order valence-electron chi connectivity index (χ4n) is 0.456. The summed E-state index contributed by atoms with van der Waals surface area (Å²) in [6.45, 7) is 0.709. The predicted octanol–water partition coefficient (Wildman–Crippen LogP) is -2.05. The number of hydrogen-bond donors (Lipinski definition) is 2. The van der Waals surface area contributed by atoms with E-state index in [1.54, 1.807) is 5.48 Å². The molecule has 0 aromatic carbocycles. The molecule has 8 heteroatoms. The molecule has 1 unspecified atom stereocenters.